The fraction of sp³-hybridized carbons (Fsp3) is 0.591. The van der Waals surface area contributed by atoms with E-state index >= 15 is 0 Å². The van der Waals surface area contributed by atoms with Crippen molar-refractivity contribution in [1.82, 2.24) is 0 Å². The highest BCUT2D eigenvalue weighted by Crippen LogP contribution is 2.35. The largest absolute Gasteiger partial charge is 0.493 e. The molecule has 0 saturated carbocycles. The van der Waals surface area contributed by atoms with Gasteiger partial charge in [-0.25, -0.2) is 4.79 Å². The maximum atomic E-state index is 11.6. The Morgan fingerprint density at radius 3 is 2.37 bits per heavy atom. The van der Waals surface area contributed by atoms with Crippen LogP contribution in [-0.2, 0) is 14.1 Å². The number of esters is 1. The van der Waals surface area contributed by atoms with Crippen LogP contribution in [0.5, 0.6) is 11.5 Å². The number of benzene rings is 1. The molecule has 1 aromatic carbocycles. The molecular weight excluding hydrogens is 407 g/mol. The standard InChI is InChI=1S/C22H35O7P/c1-3-4-15-29-22(23)14-12-19-11-13-20(21(18-19)27-2)28-16-9-7-5-6-8-10-17-30(24,25)26/h11-14,18H,3-10,15-17H2,1-2H3,(H2,24,25,26)/b14-12+. The summed E-state index contributed by atoms with van der Waals surface area (Å²) in [6.45, 7) is 3.04. The first kappa shape index (κ1) is 26.2. The van der Waals surface area contributed by atoms with Gasteiger partial charge in [-0.05, 0) is 43.0 Å². The summed E-state index contributed by atoms with van der Waals surface area (Å²) < 4.78 is 27.0. The van der Waals surface area contributed by atoms with Crippen LogP contribution in [0.1, 0.15) is 63.9 Å². The molecule has 0 atom stereocenters. The average molecular weight is 442 g/mol. The molecule has 0 amide bonds. The van der Waals surface area contributed by atoms with Crippen LogP contribution in [0.25, 0.3) is 6.08 Å². The molecule has 7 nitrogen and oxygen atoms in total. The van der Waals surface area contributed by atoms with Crippen LogP contribution in [0.4, 0.5) is 0 Å². The molecule has 0 saturated heterocycles. The molecule has 2 N–H and O–H groups in total. The molecule has 1 rings (SSSR count). The summed E-state index contributed by atoms with van der Waals surface area (Å²) in [6.07, 6.45) is 10.2. The zero-order valence-corrected chi connectivity index (χ0v) is 18.9. The molecule has 0 spiro atoms. The fourth-order valence-corrected chi connectivity index (χ4v) is 3.38. The van der Waals surface area contributed by atoms with E-state index in [4.69, 9.17) is 24.0 Å². The van der Waals surface area contributed by atoms with E-state index < -0.39 is 7.60 Å². The predicted molar refractivity (Wildman–Crippen MR) is 118 cm³/mol. The minimum Gasteiger partial charge on any atom is -0.493 e. The summed E-state index contributed by atoms with van der Waals surface area (Å²) in [4.78, 5) is 29.3. The maximum Gasteiger partial charge on any atom is 0.330 e. The first-order valence-corrected chi connectivity index (χ1v) is 12.4. The Morgan fingerprint density at radius 1 is 1.00 bits per heavy atom. The van der Waals surface area contributed by atoms with E-state index in [9.17, 15) is 9.36 Å². The molecule has 0 aliphatic rings. The van der Waals surface area contributed by atoms with Gasteiger partial charge in [0.2, 0.25) is 0 Å². The molecule has 0 radical (unpaired) electrons. The van der Waals surface area contributed by atoms with Crippen LogP contribution in [-0.4, -0.2) is 42.2 Å². The Balaban J connectivity index is 2.31. The van der Waals surface area contributed by atoms with Gasteiger partial charge < -0.3 is 24.0 Å². The molecule has 30 heavy (non-hydrogen) atoms. The first-order valence-electron chi connectivity index (χ1n) is 10.6. The summed E-state index contributed by atoms with van der Waals surface area (Å²) in [7, 11) is -2.28. The number of ether oxygens (including phenoxy) is 3. The van der Waals surface area contributed by atoms with Gasteiger partial charge in [-0.2, -0.15) is 0 Å². The van der Waals surface area contributed by atoms with Crippen molar-refractivity contribution in [3.05, 3.63) is 29.8 Å². The molecule has 0 bridgehead atoms. The van der Waals surface area contributed by atoms with Gasteiger partial charge in [-0.15, -0.1) is 0 Å². The summed E-state index contributed by atoms with van der Waals surface area (Å²) in [5.74, 6) is 0.903. The van der Waals surface area contributed by atoms with Gasteiger partial charge in [0.25, 0.3) is 0 Å². The van der Waals surface area contributed by atoms with E-state index in [0.717, 1.165) is 50.5 Å². The van der Waals surface area contributed by atoms with E-state index in [2.05, 4.69) is 0 Å². The predicted octanol–water partition coefficient (Wildman–Crippen LogP) is 4.95. The first-order chi connectivity index (χ1) is 14.4. The van der Waals surface area contributed by atoms with Crippen LogP contribution in [0.3, 0.4) is 0 Å². The van der Waals surface area contributed by atoms with Crippen molar-refractivity contribution in [1.29, 1.82) is 0 Å². The Kier molecular flexibility index (Phi) is 13.2. The third kappa shape index (κ3) is 12.7. The van der Waals surface area contributed by atoms with Crippen molar-refractivity contribution in [2.75, 3.05) is 26.5 Å². The molecule has 0 aromatic heterocycles. The van der Waals surface area contributed by atoms with E-state index in [-0.39, 0.29) is 12.1 Å². The van der Waals surface area contributed by atoms with E-state index in [1.807, 2.05) is 25.1 Å². The van der Waals surface area contributed by atoms with Gasteiger partial charge in [0.05, 0.1) is 20.3 Å². The van der Waals surface area contributed by atoms with Crippen LogP contribution in [0, 0.1) is 0 Å². The Bertz CT molecular complexity index is 697. The van der Waals surface area contributed by atoms with Gasteiger partial charge in [0.1, 0.15) is 0 Å². The van der Waals surface area contributed by atoms with Crippen molar-refractivity contribution >= 4 is 19.6 Å². The average Bonchev–Trinajstić information content (AvgIpc) is 2.70. The Hall–Kier alpha value is -1.82. The number of methoxy groups -OCH3 is 1. The van der Waals surface area contributed by atoms with Crippen LogP contribution in [0.15, 0.2) is 24.3 Å². The Morgan fingerprint density at radius 2 is 1.70 bits per heavy atom. The number of carbonyl (C=O) groups excluding carboxylic acids is 1. The lowest BCUT2D eigenvalue weighted by Gasteiger charge is -2.11. The topological polar surface area (TPSA) is 102 Å². The molecule has 0 aliphatic heterocycles. The molecule has 0 aliphatic carbocycles. The maximum absolute atomic E-state index is 11.6. The SMILES string of the molecule is CCCCOC(=O)/C=C/c1ccc(OCCCCCCCCP(=O)(O)O)c(OC)c1. The molecule has 1 aromatic rings. The fourth-order valence-electron chi connectivity index (χ4n) is 2.75. The number of unbranched alkanes of at least 4 members (excludes halogenated alkanes) is 6. The van der Waals surface area contributed by atoms with Crippen molar-refractivity contribution in [2.24, 2.45) is 0 Å². The second kappa shape index (κ2) is 15.1. The smallest absolute Gasteiger partial charge is 0.330 e. The number of hydrogen-bond donors (Lipinski definition) is 2. The van der Waals surface area contributed by atoms with Crippen LogP contribution < -0.4 is 9.47 Å². The molecule has 0 fully saturated rings. The second-order valence-electron chi connectivity index (χ2n) is 7.12. The number of rotatable bonds is 16. The number of hydrogen-bond acceptors (Lipinski definition) is 5. The lowest BCUT2D eigenvalue weighted by atomic mass is 10.1. The number of carbonyl (C=O) groups is 1. The quantitative estimate of drug-likeness (QED) is 0.162. The molecule has 0 heterocycles. The summed E-state index contributed by atoms with van der Waals surface area (Å²) in [5, 5.41) is 0. The minimum atomic E-state index is -3.85. The monoisotopic (exact) mass is 442 g/mol. The zero-order chi connectivity index (χ0) is 22.2. The van der Waals surface area contributed by atoms with Gasteiger partial charge >= 0.3 is 13.6 Å². The molecule has 0 unspecified atom stereocenters. The third-order valence-electron chi connectivity index (χ3n) is 4.44. The van der Waals surface area contributed by atoms with Crippen molar-refractivity contribution in [3.8, 4) is 11.5 Å². The molecule has 170 valence electrons. The lowest BCUT2D eigenvalue weighted by Crippen LogP contribution is -2.01. The highest BCUT2D eigenvalue weighted by Gasteiger charge is 2.11. The lowest BCUT2D eigenvalue weighted by molar-refractivity contribution is -0.137. The summed E-state index contributed by atoms with van der Waals surface area (Å²) in [6, 6.07) is 5.49. The van der Waals surface area contributed by atoms with Crippen molar-refractivity contribution in [3.63, 3.8) is 0 Å². The normalized spacial score (nSPS) is 11.6. The van der Waals surface area contributed by atoms with E-state index in [1.165, 1.54) is 6.08 Å². The van der Waals surface area contributed by atoms with Gasteiger partial charge in [0.15, 0.2) is 11.5 Å². The third-order valence-corrected chi connectivity index (χ3v) is 5.34. The van der Waals surface area contributed by atoms with Gasteiger partial charge in [0, 0.05) is 12.2 Å². The van der Waals surface area contributed by atoms with Crippen molar-refractivity contribution in [2.45, 2.75) is 58.3 Å². The molecular formula is C22H35O7P. The van der Waals surface area contributed by atoms with Crippen LogP contribution in [0.2, 0.25) is 0 Å². The van der Waals surface area contributed by atoms with Gasteiger partial charge in [-0.3, -0.25) is 4.57 Å². The minimum absolute atomic E-state index is 0.0267. The zero-order valence-electron chi connectivity index (χ0n) is 18.0. The highest BCUT2D eigenvalue weighted by atomic mass is 31.2. The van der Waals surface area contributed by atoms with Gasteiger partial charge in [-0.1, -0.05) is 45.1 Å². The van der Waals surface area contributed by atoms with Crippen molar-refractivity contribution < 1.29 is 33.4 Å². The summed E-state index contributed by atoms with van der Waals surface area (Å²) >= 11 is 0. The summed E-state index contributed by atoms with van der Waals surface area (Å²) in [5.41, 5.74) is 0.821. The van der Waals surface area contributed by atoms with Crippen LogP contribution >= 0.6 is 7.60 Å². The van der Waals surface area contributed by atoms with E-state index in [1.54, 1.807) is 13.2 Å². The molecule has 8 heteroatoms. The Labute approximate surface area is 179 Å². The highest BCUT2D eigenvalue weighted by molar-refractivity contribution is 7.51. The van der Waals surface area contributed by atoms with E-state index in [0.29, 0.717) is 31.1 Å². The second-order valence-corrected chi connectivity index (χ2v) is 8.90.